The van der Waals surface area contributed by atoms with Crippen LogP contribution in [0.1, 0.15) is 6.92 Å². The predicted octanol–water partition coefficient (Wildman–Crippen LogP) is 1.94. The summed E-state index contributed by atoms with van der Waals surface area (Å²) in [6, 6.07) is 0. The van der Waals surface area contributed by atoms with Crippen LogP contribution in [-0.4, -0.2) is 17.1 Å². The molecule has 2 nitrogen and oxygen atoms in total. The van der Waals surface area contributed by atoms with Gasteiger partial charge in [-0.1, -0.05) is 18.2 Å². The highest BCUT2D eigenvalue weighted by molar-refractivity contribution is 6.68. The van der Waals surface area contributed by atoms with Crippen LogP contribution in [-0.2, 0) is 0 Å². The Morgan fingerprint density at radius 2 is 2.30 bits per heavy atom. The smallest absolute Gasteiger partial charge is 0.133 e. The maximum atomic E-state index is 5.66. The quantitative estimate of drug-likeness (QED) is 0.524. The van der Waals surface area contributed by atoms with E-state index in [0.29, 0.717) is 11.0 Å². The summed E-state index contributed by atoms with van der Waals surface area (Å²) >= 11 is 5.66. The number of allylic oxidation sites excluding steroid dienone is 2. The molecule has 54 valence electrons. The van der Waals surface area contributed by atoms with Gasteiger partial charge in [-0.05, 0) is 13.0 Å². The maximum Gasteiger partial charge on any atom is 0.133 e. The number of hydrogen-bond acceptors (Lipinski definition) is 2. The molecule has 0 fully saturated rings. The molecule has 0 unspecified atom stereocenters. The van der Waals surface area contributed by atoms with Gasteiger partial charge in [0.05, 0.1) is 0 Å². The SMILES string of the molecule is C=C1N=C(Cl)C=C(C)N1C. The van der Waals surface area contributed by atoms with E-state index in [1.54, 1.807) is 6.08 Å². The summed E-state index contributed by atoms with van der Waals surface area (Å²) in [7, 11) is 1.90. The number of hydrogen-bond donors (Lipinski definition) is 0. The molecule has 0 saturated carbocycles. The van der Waals surface area contributed by atoms with E-state index in [2.05, 4.69) is 11.6 Å². The van der Waals surface area contributed by atoms with Crippen molar-refractivity contribution in [3.63, 3.8) is 0 Å². The van der Waals surface area contributed by atoms with Gasteiger partial charge in [0.15, 0.2) is 0 Å². The summed E-state index contributed by atoms with van der Waals surface area (Å²) in [5, 5.41) is 0.501. The Morgan fingerprint density at radius 3 is 2.80 bits per heavy atom. The highest BCUT2D eigenvalue weighted by Crippen LogP contribution is 2.15. The molecule has 0 spiro atoms. The monoisotopic (exact) mass is 156 g/mol. The van der Waals surface area contributed by atoms with Crippen molar-refractivity contribution < 1.29 is 0 Å². The molecule has 0 radical (unpaired) electrons. The van der Waals surface area contributed by atoms with Crippen molar-refractivity contribution in [2.45, 2.75) is 6.92 Å². The number of aliphatic imine (C=N–C) groups is 1. The van der Waals surface area contributed by atoms with Gasteiger partial charge >= 0.3 is 0 Å². The lowest BCUT2D eigenvalue weighted by Gasteiger charge is -2.22. The van der Waals surface area contributed by atoms with Crippen LogP contribution in [0.5, 0.6) is 0 Å². The minimum atomic E-state index is 0.501. The minimum Gasteiger partial charge on any atom is -0.334 e. The molecule has 0 saturated heterocycles. The highest BCUT2D eigenvalue weighted by Gasteiger charge is 2.08. The normalized spacial score (nSPS) is 18.7. The largest absolute Gasteiger partial charge is 0.334 e. The van der Waals surface area contributed by atoms with Crippen molar-refractivity contribution in [1.82, 2.24) is 4.90 Å². The zero-order valence-electron chi connectivity index (χ0n) is 6.06. The Bertz CT molecular complexity index is 228. The van der Waals surface area contributed by atoms with E-state index >= 15 is 0 Å². The summed E-state index contributed by atoms with van der Waals surface area (Å²) in [4.78, 5) is 5.83. The highest BCUT2D eigenvalue weighted by atomic mass is 35.5. The molecule has 0 aromatic heterocycles. The van der Waals surface area contributed by atoms with E-state index in [9.17, 15) is 0 Å². The van der Waals surface area contributed by atoms with Crippen LogP contribution in [0.2, 0.25) is 0 Å². The summed E-state index contributed by atoms with van der Waals surface area (Å²) in [5.74, 6) is 0.685. The van der Waals surface area contributed by atoms with Gasteiger partial charge in [-0.3, -0.25) is 0 Å². The number of halogens is 1. The molecule has 0 amide bonds. The number of nitrogens with zero attached hydrogens (tertiary/aromatic N) is 2. The van der Waals surface area contributed by atoms with Crippen molar-refractivity contribution in [3.8, 4) is 0 Å². The van der Waals surface area contributed by atoms with Crippen molar-refractivity contribution in [2.75, 3.05) is 7.05 Å². The second kappa shape index (κ2) is 2.46. The fourth-order valence-electron chi connectivity index (χ4n) is 0.703. The zero-order valence-corrected chi connectivity index (χ0v) is 6.81. The van der Waals surface area contributed by atoms with Crippen LogP contribution in [0.25, 0.3) is 0 Å². The molecular formula is C7H9ClN2. The van der Waals surface area contributed by atoms with Crippen LogP contribution in [0.15, 0.2) is 29.2 Å². The molecular weight excluding hydrogens is 148 g/mol. The van der Waals surface area contributed by atoms with Crippen LogP contribution in [0.4, 0.5) is 0 Å². The van der Waals surface area contributed by atoms with Gasteiger partial charge in [0, 0.05) is 12.7 Å². The van der Waals surface area contributed by atoms with Crippen molar-refractivity contribution >= 4 is 16.8 Å². The zero-order chi connectivity index (χ0) is 7.72. The first kappa shape index (κ1) is 7.35. The van der Waals surface area contributed by atoms with Crippen LogP contribution < -0.4 is 0 Å². The molecule has 10 heavy (non-hydrogen) atoms. The molecule has 0 bridgehead atoms. The average molecular weight is 157 g/mol. The molecule has 0 aromatic rings. The third-order valence-electron chi connectivity index (χ3n) is 1.48. The van der Waals surface area contributed by atoms with E-state index < -0.39 is 0 Å². The number of rotatable bonds is 0. The average Bonchev–Trinajstić information content (AvgIpc) is 1.82. The van der Waals surface area contributed by atoms with E-state index in [1.165, 1.54) is 0 Å². The third kappa shape index (κ3) is 1.21. The van der Waals surface area contributed by atoms with Gasteiger partial charge in [0.2, 0.25) is 0 Å². The third-order valence-corrected chi connectivity index (χ3v) is 1.67. The van der Waals surface area contributed by atoms with Gasteiger partial charge in [0.1, 0.15) is 11.0 Å². The van der Waals surface area contributed by atoms with Gasteiger partial charge in [-0.2, -0.15) is 0 Å². The fraction of sp³-hybridized carbons (Fsp3) is 0.286. The van der Waals surface area contributed by atoms with Gasteiger partial charge in [0.25, 0.3) is 0 Å². The molecule has 3 heteroatoms. The van der Waals surface area contributed by atoms with Crippen molar-refractivity contribution in [2.24, 2.45) is 4.99 Å². The first-order valence-corrected chi connectivity index (χ1v) is 3.34. The summed E-state index contributed by atoms with van der Waals surface area (Å²) < 4.78 is 0. The van der Waals surface area contributed by atoms with E-state index in [-0.39, 0.29) is 0 Å². The molecule has 0 atom stereocenters. The Hall–Kier alpha value is -0.760. The fourth-order valence-corrected chi connectivity index (χ4v) is 0.959. The Morgan fingerprint density at radius 1 is 1.70 bits per heavy atom. The molecule has 0 aliphatic carbocycles. The van der Waals surface area contributed by atoms with E-state index in [4.69, 9.17) is 11.6 Å². The van der Waals surface area contributed by atoms with Crippen LogP contribution >= 0.6 is 11.6 Å². The lowest BCUT2D eigenvalue weighted by molar-refractivity contribution is 0.513. The molecule has 1 heterocycles. The summed E-state index contributed by atoms with van der Waals surface area (Å²) in [6.07, 6.45) is 1.80. The van der Waals surface area contributed by atoms with Crippen molar-refractivity contribution in [3.05, 3.63) is 24.2 Å². The predicted molar refractivity (Wildman–Crippen MR) is 43.9 cm³/mol. The molecule has 1 rings (SSSR count). The molecule has 1 aliphatic heterocycles. The molecule has 0 N–H and O–H groups in total. The van der Waals surface area contributed by atoms with Gasteiger partial charge < -0.3 is 4.90 Å². The minimum absolute atomic E-state index is 0.501. The van der Waals surface area contributed by atoms with E-state index in [0.717, 1.165) is 5.70 Å². The first-order chi connectivity index (χ1) is 4.61. The lowest BCUT2D eigenvalue weighted by Crippen LogP contribution is -2.17. The van der Waals surface area contributed by atoms with Gasteiger partial charge in [-0.25, -0.2) is 4.99 Å². The Balaban J connectivity index is 2.95. The standard InChI is InChI=1S/C7H9ClN2/c1-5-4-7(8)9-6(2)10(5)3/h4H,2H2,1,3H3. The molecule has 0 aromatic carbocycles. The van der Waals surface area contributed by atoms with Gasteiger partial charge in [-0.15, -0.1) is 0 Å². The first-order valence-electron chi connectivity index (χ1n) is 2.96. The van der Waals surface area contributed by atoms with E-state index in [1.807, 2.05) is 18.9 Å². The van der Waals surface area contributed by atoms with Crippen LogP contribution in [0.3, 0.4) is 0 Å². The Kier molecular flexibility index (Phi) is 1.81. The second-order valence-corrected chi connectivity index (χ2v) is 2.58. The lowest BCUT2D eigenvalue weighted by atomic mass is 10.3. The summed E-state index contributed by atoms with van der Waals surface area (Å²) in [6.45, 7) is 5.67. The summed E-state index contributed by atoms with van der Waals surface area (Å²) in [5.41, 5.74) is 1.06. The maximum absolute atomic E-state index is 5.66. The van der Waals surface area contributed by atoms with Crippen LogP contribution in [0, 0.1) is 0 Å². The Labute approximate surface area is 65.5 Å². The molecule has 1 aliphatic rings. The topological polar surface area (TPSA) is 15.6 Å². The van der Waals surface area contributed by atoms with Crippen molar-refractivity contribution in [1.29, 1.82) is 0 Å². The second-order valence-electron chi connectivity index (χ2n) is 2.20.